The zero-order valence-corrected chi connectivity index (χ0v) is 10.2. The molecule has 0 fully saturated rings. The van der Waals surface area contributed by atoms with Gasteiger partial charge in [0.1, 0.15) is 13.2 Å². The number of hydrogen-bond donors (Lipinski definition) is 2. The molecule has 0 unspecified atom stereocenters. The second-order valence-electron chi connectivity index (χ2n) is 3.91. The monoisotopic (exact) mass is 250 g/mol. The Labute approximate surface area is 104 Å². The fourth-order valence-corrected chi connectivity index (χ4v) is 1.71. The lowest BCUT2D eigenvalue weighted by atomic mass is 10.2. The molecule has 1 heterocycles. The van der Waals surface area contributed by atoms with E-state index in [0.29, 0.717) is 36.1 Å². The normalized spacial score (nSPS) is 12.8. The molecule has 18 heavy (non-hydrogen) atoms. The van der Waals surface area contributed by atoms with Gasteiger partial charge in [-0.15, -0.1) is 0 Å². The van der Waals surface area contributed by atoms with Crippen molar-refractivity contribution in [3.63, 3.8) is 0 Å². The highest BCUT2D eigenvalue weighted by Gasteiger charge is 2.18. The maximum atomic E-state index is 11.1. The fraction of sp³-hybridized carbons (Fsp3) is 0.333. The van der Waals surface area contributed by atoms with E-state index in [1.807, 2.05) is 0 Å². The van der Waals surface area contributed by atoms with E-state index in [9.17, 15) is 9.59 Å². The molecule has 96 valence electrons. The molecule has 0 saturated heterocycles. The molecule has 6 heteroatoms. The standard InChI is InChI=1S/C12H14N2O4/c1-7(15)13-9-5-10(14-8(2)16)12-11(6-9)17-3-4-18-12/h5-6H,3-4H2,1-2H3,(H,13,15)(H,14,16). The van der Waals surface area contributed by atoms with E-state index in [1.54, 1.807) is 12.1 Å². The van der Waals surface area contributed by atoms with Crippen molar-refractivity contribution in [1.29, 1.82) is 0 Å². The summed E-state index contributed by atoms with van der Waals surface area (Å²) in [5, 5.41) is 5.29. The lowest BCUT2D eigenvalue weighted by molar-refractivity contribution is -0.115. The molecule has 0 aliphatic carbocycles. The van der Waals surface area contributed by atoms with Crippen molar-refractivity contribution in [3.8, 4) is 11.5 Å². The van der Waals surface area contributed by atoms with Crippen LogP contribution in [-0.2, 0) is 9.59 Å². The van der Waals surface area contributed by atoms with Gasteiger partial charge in [0.15, 0.2) is 11.5 Å². The predicted molar refractivity (Wildman–Crippen MR) is 66.0 cm³/mol. The highest BCUT2D eigenvalue weighted by Crippen LogP contribution is 2.40. The molecule has 1 aliphatic heterocycles. The van der Waals surface area contributed by atoms with Crippen molar-refractivity contribution in [3.05, 3.63) is 12.1 Å². The van der Waals surface area contributed by atoms with Crippen molar-refractivity contribution < 1.29 is 19.1 Å². The Kier molecular flexibility index (Phi) is 3.36. The molecule has 1 aliphatic rings. The van der Waals surface area contributed by atoms with E-state index >= 15 is 0 Å². The van der Waals surface area contributed by atoms with Crippen LogP contribution in [0, 0.1) is 0 Å². The van der Waals surface area contributed by atoms with Gasteiger partial charge in [0.2, 0.25) is 11.8 Å². The Hall–Kier alpha value is -2.24. The summed E-state index contributed by atoms with van der Waals surface area (Å²) in [6.07, 6.45) is 0. The number of benzene rings is 1. The van der Waals surface area contributed by atoms with Gasteiger partial charge >= 0.3 is 0 Å². The summed E-state index contributed by atoms with van der Waals surface area (Å²) < 4.78 is 10.9. The first-order chi connectivity index (χ1) is 8.56. The van der Waals surface area contributed by atoms with Gasteiger partial charge in [-0.05, 0) is 6.07 Å². The second kappa shape index (κ2) is 4.95. The van der Waals surface area contributed by atoms with Crippen molar-refractivity contribution >= 4 is 23.2 Å². The van der Waals surface area contributed by atoms with Gasteiger partial charge in [-0.1, -0.05) is 0 Å². The number of nitrogens with one attached hydrogen (secondary N) is 2. The zero-order chi connectivity index (χ0) is 13.1. The number of ether oxygens (including phenoxy) is 2. The number of carbonyl (C=O) groups excluding carboxylic acids is 2. The van der Waals surface area contributed by atoms with Crippen LogP contribution in [0.3, 0.4) is 0 Å². The summed E-state index contributed by atoms with van der Waals surface area (Å²) in [7, 11) is 0. The number of anilines is 2. The van der Waals surface area contributed by atoms with Crippen molar-refractivity contribution in [2.45, 2.75) is 13.8 Å². The van der Waals surface area contributed by atoms with E-state index in [2.05, 4.69) is 10.6 Å². The maximum absolute atomic E-state index is 11.1. The van der Waals surface area contributed by atoms with Gasteiger partial charge in [0.05, 0.1) is 5.69 Å². The lowest BCUT2D eigenvalue weighted by Crippen LogP contribution is -2.18. The summed E-state index contributed by atoms with van der Waals surface area (Å²) in [5.74, 6) is 0.591. The first-order valence-electron chi connectivity index (χ1n) is 5.55. The lowest BCUT2D eigenvalue weighted by Gasteiger charge is -2.22. The highest BCUT2D eigenvalue weighted by molar-refractivity contribution is 5.95. The minimum Gasteiger partial charge on any atom is -0.486 e. The highest BCUT2D eigenvalue weighted by atomic mass is 16.6. The summed E-state index contributed by atoms with van der Waals surface area (Å²) in [4.78, 5) is 22.2. The molecule has 0 atom stereocenters. The summed E-state index contributed by atoms with van der Waals surface area (Å²) in [6.45, 7) is 3.69. The van der Waals surface area contributed by atoms with Gasteiger partial charge < -0.3 is 20.1 Å². The molecular weight excluding hydrogens is 236 g/mol. The van der Waals surface area contributed by atoms with Crippen molar-refractivity contribution in [2.24, 2.45) is 0 Å². The third-order valence-electron chi connectivity index (χ3n) is 2.27. The van der Waals surface area contributed by atoms with E-state index in [4.69, 9.17) is 9.47 Å². The maximum Gasteiger partial charge on any atom is 0.221 e. The Morgan fingerprint density at radius 2 is 1.72 bits per heavy atom. The smallest absolute Gasteiger partial charge is 0.221 e. The second-order valence-corrected chi connectivity index (χ2v) is 3.91. The number of rotatable bonds is 2. The van der Waals surface area contributed by atoms with Crippen LogP contribution in [0.1, 0.15) is 13.8 Å². The van der Waals surface area contributed by atoms with Crippen LogP contribution in [0.2, 0.25) is 0 Å². The van der Waals surface area contributed by atoms with Crippen LogP contribution in [0.5, 0.6) is 11.5 Å². The quantitative estimate of drug-likeness (QED) is 0.831. The summed E-state index contributed by atoms with van der Waals surface area (Å²) >= 11 is 0. The van der Waals surface area contributed by atoms with Gasteiger partial charge in [0, 0.05) is 25.6 Å². The zero-order valence-electron chi connectivity index (χ0n) is 10.2. The van der Waals surface area contributed by atoms with Crippen LogP contribution in [0.15, 0.2) is 12.1 Å². The van der Waals surface area contributed by atoms with E-state index in [-0.39, 0.29) is 11.8 Å². The van der Waals surface area contributed by atoms with Crippen molar-refractivity contribution in [1.82, 2.24) is 0 Å². The minimum atomic E-state index is -0.216. The summed E-state index contributed by atoms with van der Waals surface area (Å²) in [6, 6.07) is 3.30. The molecule has 6 nitrogen and oxygen atoms in total. The third kappa shape index (κ3) is 2.71. The Morgan fingerprint density at radius 1 is 1.06 bits per heavy atom. The Bertz CT molecular complexity index is 499. The van der Waals surface area contributed by atoms with Crippen LogP contribution in [-0.4, -0.2) is 25.0 Å². The third-order valence-corrected chi connectivity index (χ3v) is 2.27. The molecule has 0 bridgehead atoms. The molecule has 1 aromatic carbocycles. The molecule has 0 spiro atoms. The molecule has 0 aromatic heterocycles. The fourth-order valence-electron chi connectivity index (χ4n) is 1.71. The van der Waals surface area contributed by atoms with Gasteiger partial charge in [-0.2, -0.15) is 0 Å². The molecule has 2 rings (SSSR count). The van der Waals surface area contributed by atoms with Crippen LogP contribution in [0.4, 0.5) is 11.4 Å². The van der Waals surface area contributed by atoms with Gasteiger partial charge in [0.25, 0.3) is 0 Å². The Morgan fingerprint density at radius 3 is 2.39 bits per heavy atom. The minimum absolute atomic E-state index is 0.194. The first kappa shape index (κ1) is 12.2. The molecule has 2 amide bonds. The SMILES string of the molecule is CC(=O)Nc1cc(NC(C)=O)c2c(c1)OCCO2. The summed E-state index contributed by atoms with van der Waals surface area (Å²) in [5.41, 5.74) is 1.04. The average molecular weight is 250 g/mol. The van der Waals surface area contributed by atoms with Crippen LogP contribution < -0.4 is 20.1 Å². The molecular formula is C12H14N2O4. The molecule has 2 N–H and O–H groups in total. The Balaban J connectivity index is 2.40. The van der Waals surface area contributed by atoms with Crippen LogP contribution in [0.25, 0.3) is 0 Å². The molecule has 0 radical (unpaired) electrons. The predicted octanol–water partition coefficient (Wildman–Crippen LogP) is 1.37. The number of fused-ring (bicyclic) bond motifs is 1. The van der Waals surface area contributed by atoms with E-state index < -0.39 is 0 Å². The molecule has 1 aromatic rings. The number of carbonyl (C=O) groups is 2. The average Bonchev–Trinajstić information content (AvgIpc) is 2.27. The molecule has 0 saturated carbocycles. The number of amides is 2. The van der Waals surface area contributed by atoms with Crippen LogP contribution >= 0.6 is 0 Å². The van der Waals surface area contributed by atoms with Gasteiger partial charge in [-0.3, -0.25) is 9.59 Å². The van der Waals surface area contributed by atoms with Gasteiger partial charge in [-0.25, -0.2) is 0 Å². The van der Waals surface area contributed by atoms with E-state index in [0.717, 1.165) is 0 Å². The number of hydrogen-bond acceptors (Lipinski definition) is 4. The van der Waals surface area contributed by atoms with Crippen molar-refractivity contribution in [2.75, 3.05) is 23.8 Å². The van der Waals surface area contributed by atoms with E-state index in [1.165, 1.54) is 13.8 Å². The topological polar surface area (TPSA) is 76.7 Å². The first-order valence-corrected chi connectivity index (χ1v) is 5.55. The largest absolute Gasteiger partial charge is 0.486 e.